The summed E-state index contributed by atoms with van der Waals surface area (Å²) in [6, 6.07) is 3.34. The lowest BCUT2D eigenvalue weighted by Gasteiger charge is -2.11. The number of nitrogens with zero attached hydrogens (tertiary/aromatic N) is 1. The fourth-order valence-electron chi connectivity index (χ4n) is 1.54. The molecule has 1 N–H and O–H groups in total. The second-order valence-corrected chi connectivity index (χ2v) is 4.44. The molecule has 0 aliphatic carbocycles. The molecule has 19 heavy (non-hydrogen) atoms. The van der Waals surface area contributed by atoms with Crippen molar-refractivity contribution < 1.29 is 27.5 Å². The van der Waals surface area contributed by atoms with E-state index in [2.05, 4.69) is 20.9 Å². The molecule has 4 nitrogen and oxygen atoms in total. The number of carboxylic acid groups (broad SMARTS) is 1. The summed E-state index contributed by atoms with van der Waals surface area (Å²) in [4.78, 5) is 14.3. The van der Waals surface area contributed by atoms with Crippen LogP contribution in [0, 0.1) is 0 Å². The van der Waals surface area contributed by atoms with Crippen molar-refractivity contribution in [1.82, 2.24) is 4.98 Å². The van der Waals surface area contributed by atoms with Crippen LogP contribution in [0.3, 0.4) is 0 Å². The molecular formula is C11H5BrF3NO3. The zero-order valence-corrected chi connectivity index (χ0v) is 10.6. The second kappa shape index (κ2) is 4.69. The minimum atomic E-state index is -4.64. The van der Waals surface area contributed by atoms with E-state index in [1.807, 2.05) is 0 Å². The molecule has 1 aromatic carbocycles. The maximum Gasteiger partial charge on any atom is 0.417 e. The third-order valence-corrected chi connectivity index (χ3v) is 2.79. The fraction of sp³-hybridized carbons (Fsp3) is 0.0909. The molecule has 0 atom stereocenters. The van der Waals surface area contributed by atoms with E-state index in [4.69, 9.17) is 9.52 Å². The van der Waals surface area contributed by atoms with Crippen molar-refractivity contribution in [2.45, 2.75) is 6.18 Å². The maximum atomic E-state index is 12.9. The van der Waals surface area contributed by atoms with E-state index in [9.17, 15) is 18.0 Å². The lowest BCUT2D eigenvalue weighted by Crippen LogP contribution is -2.08. The fourth-order valence-corrected chi connectivity index (χ4v) is 1.90. The molecule has 1 heterocycles. The number of carbonyl (C=O) groups is 1. The summed E-state index contributed by atoms with van der Waals surface area (Å²) in [5.41, 5.74) is -1.93. The third kappa shape index (κ3) is 2.62. The number of alkyl halides is 3. The quantitative estimate of drug-likeness (QED) is 0.906. The van der Waals surface area contributed by atoms with Crippen LogP contribution in [-0.4, -0.2) is 16.1 Å². The molecule has 0 aliphatic heterocycles. The van der Waals surface area contributed by atoms with Crippen LogP contribution in [0.25, 0.3) is 11.3 Å². The van der Waals surface area contributed by atoms with Crippen LogP contribution in [0.5, 0.6) is 0 Å². The summed E-state index contributed by atoms with van der Waals surface area (Å²) in [6.07, 6.45) is -3.84. The van der Waals surface area contributed by atoms with E-state index in [-0.39, 0.29) is 10.0 Å². The highest BCUT2D eigenvalue weighted by Gasteiger charge is 2.36. The molecule has 2 rings (SSSR count). The summed E-state index contributed by atoms with van der Waals surface area (Å²) in [5.74, 6) is -1.88. The van der Waals surface area contributed by atoms with Crippen molar-refractivity contribution in [3.05, 3.63) is 40.3 Å². The Bertz CT molecular complexity index is 636. The van der Waals surface area contributed by atoms with Gasteiger partial charge in [-0.25, -0.2) is 9.78 Å². The SMILES string of the molecule is O=C(O)c1ncoc1-c1ccc(Br)cc1C(F)(F)F. The third-order valence-electron chi connectivity index (χ3n) is 2.30. The standard InChI is InChI=1S/C11H5BrF3NO3/c12-5-1-2-6(7(3-5)11(13,14)15)9-8(10(17)18)16-4-19-9/h1-4H,(H,17,18). The summed E-state index contributed by atoms with van der Waals surface area (Å²) in [7, 11) is 0. The first-order valence-electron chi connectivity index (χ1n) is 4.84. The van der Waals surface area contributed by atoms with Gasteiger partial charge in [0.25, 0.3) is 0 Å². The van der Waals surface area contributed by atoms with Crippen LogP contribution in [0.2, 0.25) is 0 Å². The number of carboxylic acids is 1. The van der Waals surface area contributed by atoms with Crippen LogP contribution in [0.15, 0.2) is 33.5 Å². The topological polar surface area (TPSA) is 63.3 Å². The van der Waals surface area contributed by atoms with Crippen molar-refractivity contribution in [3.8, 4) is 11.3 Å². The van der Waals surface area contributed by atoms with E-state index in [1.54, 1.807) is 0 Å². The predicted octanol–water partition coefficient (Wildman–Crippen LogP) is 3.82. The highest BCUT2D eigenvalue weighted by molar-refractivity contribution is 9.10. The highest BCUT2D eigenvalue weighted by atomic mass is 79.9. The molecular weight excluding hydrogens is 331 g/mol. The Morgan fingerprint density at radius 3 is 2.63 bits per heavy atom. The van der Waals surface area contributed by atoms with Crippen LogP contribution < -0.4 is 0 Å². The molecule has 8 heteroatoms. The molecule has 0 aliphatic rings. The minimum Gasteiger partial charge on any atom is -0.476 e. The van der Waals surface area contributed by atoms with Gasteiger partial charge >= 0.3 is 12.1 Å². The lowest BCUT2D eigenvalue weighted by atomic mass is 10.0. The molecule has 0 unspecified atom stereocenters. The Hall–Kier alpha value is -1.83. The van der Waals surface area contributed by atoms with Crippen LogP contribution >= 0.6 is 15.9 Å². The van der Waals surface area contributed by atoms with Crippen LogP contribution in [0.1, 0.15) is 16.1 Å². The number of aromatic carboxylic acids is 1. The first-order valence-corrected chi connectivity index (χ1v) is 5.64. The molecule has 0 saturated carbocycles. The van der Waals surface area contributed by atoms with E-state index in [1.165, 1.54) is 6.07 Å². The minimum absolute atomic E-state index is 0.222. The number of benzene rings is 1. The van der Waals surface area contributed by atoms with Gasteiger partial charge in [-0.05, 0) is 18.2 Å². The number of oxazole rings is 1. The molecule has 0 saturated heterocycles. The zero-order valence-electron chi connectivity index (χ0n) is 9.03. The van der Waals surface area contributed by atoms with Crippen molar-refractivity contribution in [3.63, 3.8) is 0 Å². The van der Waals surface area contributed by atoms with Gasteiger partial charge in [0.05, 0.1) is 5.56 Å². The molecule has 0 spiro atoms. The Balaban J connectivity index is 2.69. The van der Waals surface area contributed by atoms with E-state index < -0.39 is 29.2 Å². The van der Waals surface area contributed by atoms with E-state index in [0.717, 1.165) is 18.5 Å². The van der Waals surface area contributed by atoms with Gasteiger partial charge in [0.1, 0.15) is 0 Å². The van der Waals surface area contributed by atoms with Gasteiger partial charge in [-0.1, -0.05) is 15.9 Å². The van der Waals surface area contributed by atoms with Gasteiger partial charge in [0.2, 0.25) is 0 Å². The summed E-state index contributed by atoms with van der Waals surface area (Å²) in [6.45, 7) is 0. The second-order valence-electron chi connectivity index (χ2n) is 3.52. The summed E-state index contributed by atoms with van der Waals surface area (Å²) < 4.78 is 43.8. The molecule has 0 amide bonds. The molecule has 1 aromatic heterocycles. The Morgan fingerprint density at radius 1 is 1.37 bits per heavy atom. The van der Waals surface area contributed by atoms with Gasteiger partial charge < -0.3 is 9.52 Å². The largest absolute Gasteiger partial charge is 0.476 e. The molecule has 0 fully saturated rings. The number of rotatable bonds is 2. The first kappa shape index (κ1) is 13.6. The van der Waals surface area contributed by atoms with Crippen molar-refractivity contribution >= 4 is 21.9 Å². The van der Waals surface area contributed by atoms with E-state index in [0.29, 0.717) is 0 Å². The Labute approximate surface area is 113 Å². The normalized spacial score (nSPS) is 11.6. The van der Waals surface area contributed by atoms with Gasteiger partial charge in [-0.15, -0.1) is 0 Å². The average molecular weight is 336 g/mol. The number of hydrogen-bond acceptors (Lipinski definition) is 3. The van der Waals surface area contributed by atoms with Crippen molar-refractivity contribution in [2.75, 3.05) is 0 Å². The highest BCUT2D eigenvalue weighted by Crippen LogP contribution is 2.39. The number of hydrogen-bond donors (Lipinski definition) is 1. The van der Waals surface area contributed by atoms with Gasteiger partial charge in [-0.2, -0.15) is 13.2 Å². The van der Waals surface area contributed by atoms with Gasteiger partial charge in [-0.3, -0.25) is 0 Å². The summed E-state index contributed by atoms with van der Waals surface area (Å²) >= 11 is 2.94. The van der Waals surface area contributed by atoms with Crippen molar-refractivity contribution in [1.29, 1.82) is 0 Å². The smallest absolute Gasteiger partial charge is 0.417 e. The number of halogens is 4. The predicted molar refractivity (Wildman–Crippen MR) is 61.6 cm³/mol. The first-order chi connectivity index (χ1) is 8.80. The average Bonchev–Trinajstić information content (AvgIpc) is 2.76. The van der Waals surface area contributed by atoms with E-state index >= 15 is 0 Å². The Morgan fingerprint density at radius 2 is 2.05 bits per heavy atom. The van der Waals surface area contributed by atoms with Gasteiger partial charge in [0.15, 0.2) is 17.8 Å². The number of aromatic nitrogens is 1. The monoisotopic (exact) mass is 335 g/mol. The molecule has 100 valence electrons. The van der Waals surface area contributed by atoms with Crippen LogP contribution in [0.4, 0.5) is 13.2 Å². The molecule has 0 bridgehead atoms. The maximum absolute atomic E-state index is 12.9. The van der Waals surface area contributed by atoms with Crippen LogP contribution in [-0.2, 0) is 6.18 Å². The lowest BCUT2D eigenvalue weighted by molar-refractivity contribution is -0.137. The molecule has 0 radical (unpaired) electrons. The Kier molecular flexibility index (Phi) is 3.36. The van der Waals surface area contributed by atoms with Crippen molar-refractivity contribution in [2.24, 2.45) is 0 Å². The summed E-state index contributed by atoms with van der Waals surface area (Å²) in [5, 5.41) is 8.85. The zero-order chi connectivity index (χ0) is 14.2. The molecule has 2 aromatic rings. The van der Waals surface area contributed by atoms with Gasteiger partial charge in [0, 0.05) is 10.0 Å².